The number of aliphatic carboxylic acids is 1. The molecular weight excluding hydrogens is 378 g/mol. The van der Waals surface area contributed by atoms with Gasteiger partial charge in [0.25, 0.3) is 0 Å². The van der Waals surface area contributed by atoms with Gasteiger partial charge < -0.3 is 15.1 Å². The molecule has 4 rings (SSSR count). The van der Waals surface area contributed by atoms with E-state index in [1.54, 1.807) is 6.07 Å². The smallest absolute Gasteiger partial charge is 0.338 e. The maximum atomic E-state index is 12.0. The summed E-state index contributed by atoms with van der Waals surface area (Å²) in [6.07, 6.45) is 1.77. The molecule has 0 saturated heterocycles. The van der Waals surface area contributed by atoms with E-state index >= 15 is 0 Å². The van der Waals surface area contributed by atoms with Gasteiger partial charge in [0.2, 0.25) is 0 Å². The van der Waals surface area contributed by atoms with Gasteiger partial charge in [-0.05, 0) is 47.7 Å². The normalized spacial score (nSPS) is 14.1. The molecule has 1 aliphatic carbocycles. The van der Waals surface area contributed by atoms with Gasteiger partial charge in [0, 0.05) is 11.1 Å². The number of nitrogens with zero attached hydrogens (tertiary/aromatic N) is 1. The monoisotopic (exact) mass is 399 g/mol. The number of hydrogen-bond donors (Lipinski definition) is 2. The molecule has 150 valence electrons. The minimum atomic E-state index is -1.14. The Morgan fingerprint density at radius 1 is 0.900 bits per heavy atom. The first-order chi connectivity index (χ1) is 14.7. The summed E-state index contributed by atoms with van der Waals surface area (Å²) in [5.41, 5.74) is 3.85. The SMILES string of the molecule is O=C(O)C1=C(c2ccccc2)c2ccc(OCCCc3ccccc3)cc2C1=NO. The molecule has 0 radical (unpaired) electrons. The van der Waals surface area contributed by atoms with Crippen molar-refractivity contribution in [3.8, 4) is 5.75 Å². The van der Waals surface area contributed by atoms with Gasteiger partial charge in [-0.1, -0.05) is 65.8 Å². The lowest BCUT2D eigenvalue weighted by molar-refractivity contribution is -0.131. The predicted octanol–water partition coefficient (Wildman–Crippen LogP) is 4.78. The summed E-state index contributed by atoms with van der Waals surface area (Å²) in [6.45, 7) is 0.532. The zero-order valence-electron chi connectivity index (χ0n) is 16.3. The van der Waals surface area contributed by atoms with Crippen molar-refractivity contribution in [3.05, 3.63) is 107 Å². The highest BCUT2D eigenvalue weighted by Gasteiger charge is 2.33. The van der Waals surface area contributed by atoms with E-state index in [1.807, 2.05) is 60.7 Å². The Bertz CT molecular complexity index is 1120. The molecule has 2 N–H and O–H groups in total. The van der Waals surface area contributed by atoms with E-state index < -0.39 is 5.97 Å². The largest absolute Gasteiger partial charge is 0.494 e. The third-order valence-electron chi connectivity index (χ3n) is 5.10. The average Bonchev–Trinajstić information content (AvgIpc) is 3.12. The summed E-state index contributed by atoms with van der Waals surface area (Å²) in [5.74, 6) is -0.523. The van der Waals surface area contributed by atoms with Crippen molar-refractivity contribution in [1.82, 2.24) is 0 Å². The van der Waals surface area contributed by atoms with E-state index in [-0.39, 0.29) is 11.3 Å². The molecule has 1 aliphatic rings. The zero-order chi connectivity index (χ0) is 20.9. The second-order valence-electron chi connectivity index (χ2n) is 7.01. The van der Waals surface area contributed by atoms with Crippen LogP contribution in [0, 0.1) is 0 Å². The van der Waals surface area contributed by atoms with Crippen LogP contribution in [0.15, 0.2) is 89.6 Å². The first-order valence-electron chi connectivity index (χ1n) is 9.76. The Kier molecular flexibility index (Phi) is 5.61. The van der Waals surface area contributed by atoms with E-state index in [0.29, 0.717) is 29.1 Å². The van der Waals surface area contributed by atoms with E-state index in [9.17, 15) is 15.1 Å². The van der Waals surface area contributed by atoms with Crippen LogP contribution in [0.3, 0.4) is 0 Å². The minimum absolute atomic E-state index is 0.0140. The number of rotatable bonds is 7. The average molecular weight is 399 g/mol. The zero-order valence-corrected chi connectivity index (χ0v) is 16.3. The first-order valence-corrected chi connectivity index (χ1v) is 9.76. The van der Waals surface area contributed by atoms with Crippen LogP contribution in [0.2, 0.25) is 0 Å². The van der Waals surface area contributed by atoms with Gasteiger partial charge in [0.05, 0.1) is 12.2 Å². The fourth-order valence-corrected chi connectivity index (χ4v) is 3.74. The van der Waals surface area contributed by atoms with Crippen molar-refractivity contribution < 1.29 is 19.8 Å². The standard InChI is InChI=1S/C25H21NO4/c27-25(28)23-22(18-11-5-2-6-12-18)20-14-13-19(16-21(20)24(23)26-29)30-15-7-10-17-8-3-1-4-9-17/h1-6,8-9,11-14,16,29H,7,10,15H2,(H,27,28). The van der Waals surface area contributed by atoms with Gasteiger partial charge >= 0.3 is 5.97 Å². The minimum Gasteiger partial charge on any atom is -0.494 e. The third kappa shape index (κ3) is 3.82. The highest BCUT2D eigenvalue weighted by atomic mass is 16.5. The van der Waals surface area contributed by atoms with Crippen LogP contribution in [-0.2, 0) is 11.2 Å². The van der Waals surface area contributed by atoms with Gasteiger partial charge in [-0.2, -0.15) is 0 Å². The Balaban J connectivity index is 1.57. The summed E-state index contributed by atoms with van der Waals surface area (Å²) in [7, 11) is 0. The van der Waals surface area contributed by atoms with Crippen LogP contribution in [0.25, 0.3) is 5.57 Å². The van der Waals surface area contributed by atoms with Gasteiger partial charge in [-0.3, -0.25) is 0 Å². The fraction of sp³-hybridized carbons (Fsp3) is 0.120. The number of carboxylic acids is 1. The Hall–Kier alpha value is -3.86. The van der Waals surface area contributed by atoms with Crippen molar-refractivity contribution in [1.29, 1.82) is 0 Å². The molecule has 0 saturated carbocycles. The molecule has 0 amide bonds. The van der Waals surface area contributed by atoms with Crippen LogP contribution in [0.1, 0.15) is 28.7 Å². The first kappa shape index (κ1) is 19.5. The summed E-state index contributed by atoms with van der Waals surface area (Å²) >= 11 is 0. The lowest BCUT2D eigenvalue weighted by Gasteiger charge is -2.10. The molecule has 5 nitrogen and oxygen atoms in total. The molecule has 30 heavy (non-hydrogen) atoms. The molecule has 5 heteroatoms. The highest BCUT2D eigenvalue weighted by molar-refractivity contribution is 6.36. The molecule has 0 fully saturated rings. The topological polar surface area (TPSA) is 79.1 Å². The van der Waals surface area contributed by atoms with Crippen LogP contribution in [0.4, 0.5) is 0 Å². The van der Waals surface area contributed by atoms with E-state index in [2.05, 4.69) is 17.3 Å². The van der Waals surface area contributed by atoms with Crippen molar-refractivity contribution in [3.63, 3.8) is 0 Å². The summed E-state index contributed by atoms with van der Waals surface area (Å²) < 4.78 is 5.88. The maximum absolute atomic E-state index is 12.0. The van der Waals surface area contributed by atoms with Gasteiger partial charge in [0.15, 0.2) is 0 Å². The van der Waals surface area contributed by atoms with E-state index in [0.717, 1.165) is 18.4 Å². The van der Waals surface area contributed by atoms with Gasteiger partial charge in [0.1, 0.15) is 11.5 Å². The van der Waals surface area contributed by atoms with Crippen molar-refractivity contribution in [2.24, 2.45) is 5.16 Å². The Morgan fingerprint density at radius 3 is 2.27 bits per heavy atom. The van der Waals surface area contributed by atoms with E-state index in [4.69, 9.17) is 4.74 Å². The molecule has 0 unspecified atom stereocenters. The number of carboxylic acid groups (broad SMARTS) is 1. The number of carbonyl (C=O) groups is 1. The van der Waals surface area contributed by atoms with Crippen molar-refractivity contribution in [2.75, 3.05) is 6.61 Å². The van der Waals surface area contributed by atoms with E-state index in [1.165, 1.54) is 5.56 Å². The molecule has 0 atom stereocenters. The van der Waals surface area contributed by atoms with Crippen molar-refractivity contribution in [2.45, 2.75) is 12.8 Å². The molecule has 0 aliphatic heterocycles. The molecular formula is C25H21NO4. The number of benzene rings is 3. The summed E-state index contributed by atoms with van der Waals surface area (Å²) in [5, 5.41) is 22.7. The van der Waals surface area contributed by atoms with Crippen LogP contribution < -0.4 is 4.74 Å². The molecule has 0 heterocycles. The number of oxime groups is 1. The Morgan fingerprint density at radius 2 is 1.60 bits per heavy atom. The van der Waals surface area contributed by atoms with Crippen molar-refractivity contribution >= 4 is 17.3 Å². The Labute approximate surface area is 174 Å². The summed E-state index contributed by atoms with van der Waals surface area (Å²) in [4.78, 5) is 12.0. The second kappa shape index (κ2) is 8.66. The lowest BCUT2D eigenvalue weighted by atomic mass is 9.97. The molecule has 0 aromatic heterocycles. The number of fused-ring (bicyclic) bond motifs is 1. The predicted molar refractivity (Wildman–Crippen MR) is 115 cm³/mol. The second-order valence-corrected chi connectivity index (χ2v) is 7.01. The molecule has 3 aromatic rings. The molecule has 0 bridgehead atoms. The number of aryl methyl sites for hydroxylation is 1. The third-order valence-corrected chi connectivity index (χ3v) is 5.10. The van der Waals surface area contributed by atoms with Gasteiger partial charge in [-0.15, -0.1) is 0 Å². The number of ether oxygens (including phenoxy) is 1. The molecule has 0 spiro atoms. The number of hydrogen-bond acceptors (Lipinski definition) is 4. The van der Waals surface area contributed by atoms with Gasteiger partial charge in [-0.25, -0.2) is 4.79 Å². The molecule has 3 aromatic carbocycles. The maximum Gasteiger partial charge on any atom is 0.338 e. The summed E-state index contributed by atoms with van der Waals surface area (Å²) in [6, 6.07) is 24.8. The quantitative estimate of drug-likeness (QED) is 0.341. The van der Waals surface area contributed by atoms with Crippen LogP contribution >= 0.6 is 0 Å². The van der Waals surface area contributed by atoms with Crippen LogP contribution in [-0.4, -0.2) is 28.6 Å². The van der Waals surface area contributed by atoms with Crippen LogP contribution in [0.5, 0.6) is 5.75 Å². The lowest BCUT2D eigenvalue weighted by Crippen LogP contribution is -2.11. The fourth-order valence-electron chi connectivity index (χ4n) is 3.74. The highest BCUT2D eigenvalue weighted by Crippen LogP contribution is 2.39.